The molecule has 2 rings (SSSR count). The molecule has 2 heteroatoms. The van der Waals surface area contributed by atoms with Crippen LogP contribution in [0.4, 0.5) is 0 Å². The number of rotatable bonds is 7. The van der Waals surface area contributed by atoms with Crippen LogP contribution in [0.3, 0.4) is 0 Å². The first-order valence-corrected chi connectivity index (χ1v) is 8.12. The Balaban J connectivity index is 1.99. The van der Waals surface area contributed by atoms with Crippen molar-refractivity contribution in [3.63, 3.8) is 0 Å². The van der Waals surface area contributed by atoms with Gasteiger partial charge in [-0.15, -0.1) is 0 Å². The van der Waals surface area contributed by atoms with E-state index in [2.05, 4.69) is 32.6 Å². The van der Waals surface area contributed by atoms with Crippen molar-refractivity contribution in [1.29, 1.82) is 0 Å². The first kappa shape index (κ1) is 16.6. The number of benzene rings is 1. The Kier molecular flexibility index (Phi) is 6.02. The molecule has 0 fully saturated rings. The molecule has 1 heterocycles. The normalized spacial score (nSPS) is 18.4. The van der Waals surface area contributed by atoms with Crippen molar-refractivity contribution >= 4 is 6.08 Å². The van der Waals surface area contributed by atoms with E-state index in [-0.39, 0.29) is 6.10 Å². The Hall–Kier alpha value is -1.80. The van der Waals surface area contributed by atoms with Crippen LogP contribution in [-0.2, 0) is 4.74 Å². The van der Waals surface area contributed by atoms with Crippen LogP contribution in [0.25, 0.3) is 6.08 Å². The zero-order valence-corrected chi connectivity index (χ0v) is 13.6. The molecule has 1 N–H and O–H groups in total. The Morgan fingerprint density at radius 3 is 2.86 bits per heavy atom. The van der Waals surface area contributed by atoms with Gasteiger partial charge in [-0.3, -0.25) is 0 Å². The van der Waals surface area contributed by atoms with Gasteiger partial charge in [0.15, 0.2) is 0 Å². The molecule has 1 aliphatic heterocycles. The van der Waals surface area contributed by atoms with Crippen LogP contribution in [0.5, 0.6) is 5.75 Å². The molecule has 22 heavy (non-hydrogen) atoms. The molecule has 1 aliphatic rings. The van der Waals surface area contributed by atoms with Gasteiger partial charge in [-0.1, -0.05) is 50.3 Å². The molecule has 0 aliphatic carbocycles. The molecule has 118 valence electrons. The lowest BCUT2D eigenvalue weighted by Gasteiger charge is -2.17. The zero-order chi connectivity index (χ0) is 15.9. The number of hydrogen-bond donors (Lipinski definition) is 1. The molecule has 0 radical (unpaired) electrons. The van der Waals surface area contributed by atoms with Crippen molar-refractivity contribution in [2.45, 2.75) is 45.6 Å². The van der Waals surface area contributed by atoms with Gasteiger partial charge < -0.3 is 9.84 Å². The molecular formula is C20H26O2. The molecule has 1 aromatic rings. The second-order valence-electron chi connectivity index (χ2n) is 5.73. The molecule has 0 saturated heterocycles. The van der Waals surface area contributed by atoms with Gasteiger partial charge >= 0.3 is 0 Å². The number of aromatic hydroxyl groups is 1. The average molecular weight is 298 g/mol. The van der Waals surface area contributed by atoms with Crippen LogP contribution in [0.1, 0.15) is 45.1 Å². The Bertz CT molecular complexity index is 581. The van der Waals surface area contributed by atoms with Gasteiger partial charge in [0, 0.05) is 0 Å². The van der Waals surface area contributed by atoms with E-state index in [1.54, 1.807) is 12.1 Å². The minimum Gasteiger partial charge on any atom is -0.508 e. The molecule has 0 aromatic heterocycles. The highest BCUT2D eigenvalue weighted by Crippen LogP contribution is 2.28. The SMILES string of the molecule is C=C(CC)C1=CCOC1CC/C(=C/c1cccc(O)c1)CC. The van der Waals surface area contributed by atoms with Crippen molar-refractivity contribution in [3.8, 4) is 5.75 Å². The molecule has 0 bridgehead atoms. The number of phenols is 1. The van der Waals surface area contributed by atoms with Crippen molar-refractivity contribution in [2.75, 3.05) is 6.61 Å². The van der Waals surface area contributed by atoms with E-state index in [1.165, 1.54) is 16.7 Å². The summed E-state index contributed by atoms with van der Waals surface area (Å²) in [6, 6.07) is 7.39. The molecule has 0 amide bonds. The Labute approximate surface area is 133 Å². The zero-order valence-electron chi connectivity index (χ0n) is 13.6. The maximum absolute atomic E-state index is 9.56. The molecule has 1 aromatic carbocycles. The maximum Gasteiger partial charge on any atom is 0.116 e. The average Bonchev–Trinajstić information content (AvgIpc) is 2.99. The van der Waals surface area contributed by atoms with Crippen molar-refractivity contribution in [1.82, 2.24) is 0 Å². The summed E-state index contributed by atoms with van der Waals surface area (Å²) in [7, 11) is 0. The van der Waals surface area contributed by atoms with Crippen LogP contribution in [0.2, 0.25) is 0 Å². The number of ether oxygens (including phenoxy) is 1. The van der Waals surface area contributed by atoms with E-state index in [1.807, 2.05) is 12.1 Å². The molecule has 0 spiro atoms. The van der Waals surface area contributed by atoms with E-state index in [9.17, 15) is 5.11 Å². The molecule has 2 nitrogen and oxygen atoms in total. The predicted molar refractivity (Wildman–Crippen MR) is 92.9 cm³/mol. The molecule has 1 atom stereocenters. The van der Waals surface area contributed by atoms with Gasteiger partial charge in [-0.05, 0) is 54.5 Å². The summed E-state index contributed by atoms with van der Waals surface area (Å²) >= 11 is 0. The molecular weight excluding hydrogens is 272 g/mol. The van der Waals surface area contributed by atoms with E-state index < -0.39 is 0 Å². The molecule has 0 saturated carbocycles. The first-order valence-electron chi connectivity index (χ1n) is 8.12. The summed E-state index contributed by atoms with van der Waals surface area (Å²) in [5, 5.41) is 9.56. The fraction of sp³-hybridized carbons (Fsp3) is 0.400. The topological polar surface area (TPSA) is 29.5 Å². The van der Waals surface area contributed by atoms with Gasteiger partial charge in [0.05, 0.1) is 12.7 Å². The van der Waals surface area contributed by atoms with Crippen LogP contribution >= 0.6 is 0 Å². The largest absolute Gasteiger partial charge is 0.508 e. The van der Waals surface area contributed by atoms with Gasteiger partial charge in [-0.2, -0.15) is 0 Å². The summed E-state index contributed by atoms with van der Waals surface area (Å²) in [6.45, 7) is 9.15. The summed E-state index contributed by atoms with van der Waals surface area (Å²) in [4.78, 5) is 0. The minimum absolute atomic E-state index is 0.187. The standard InChI is InChI=1S/C20H26O2/c1-4-15(3)19-11-12-22-20(19)10-9-16(5-2)13-17-7-6-8-18(21)14-17/h6-8,11,13-14,20-21H,3-5,9-10,12H2,1-2H3/b16-13+. The molecule has 1 unspecified atom stereocenters. The van der Waals surface area contributed by atoms with Crippen LogP contribution < -0.4 is 0 Å². The van der Waals surface area contributed by atoms with Gasteiger partial charge in [0.1, 0.15) is 5.75 Å². The van der Waals surface area contributed by atoms with Crippen LogP contribution in [0.15, 0.2) is 53.6 Å². The van der Waals surface area contributed by atoms with Crippen molar-refractivity contribution < 1.29 is 9.84 Å². The second-order valence-corrected chi connectivity index (χ2v) is 5.73. The fourth-order valence-electron chi connectivity index (χ4n) is 2.81. The van der Waals surface area contributed by atoms with E-state index >= 15 is 0 Å². The van der Waals surface area contributed by atoms with Crippen LogP contribution in [0, 0.1) is 0 Å². The lowest BCUT2D eigenvalue weighted by atomic mass is 9.95. The number of allylic oxidation sites excluding steroid dienone is 1. The monoisotopic (exact) mass is 298 g/mol. The minimum atomic E-state index is 0.187. The highest BCUT2D eigenvalue weighted by molar-refractivity contribution is 5.54. The lowest BCUT2D eigenvalue weighted by Crippen LogP contribution is -2.11. The highest BCUT2D eigenvalue weighted by Gasteiger charge is 2.21. The Morgan fingerprint density at radius 1 is 1.36 bits per heavy atom. The van der Waals surface area contributed by atoms with E-state index in [4.69, 9.17) is 4.74 Å². The third-order valence-electron chi connectivity index (χ3n) is 4.21. The third kappa shape index (κ3) is 4.35. The van der Waals surface area contributed by atoms with Crippen LogP contribution in [-0.4, -0.2) is 17.8 Å². The second kappa shape index (κ2) is 8.00. The number of phenolic OH excluding ortho intramolecular Hbond substituents is 1. The van der Waals surface area contributed by atoms with Crippen molar-refractivity contribution in [3.05, 3.63) is 59.2 Å². The first-order chi connectivity index (χ1) is 10.6. The van der Waals surface area contributed by atoms with Crippen molar-refractivity contribution in [2.24, 2.45) is 0 Å². The quantitative estimate of drug-likeness (QED) is 0.744. The fourth-order valence-corrected chi connectivity index (χ4v) is 2.81. The van der Waals surface area contributed by atoms with E-state index in [0.29, 0.717) is 12.4 Å². The van der Waals surface area contributed by atoms with E-state index in [0.717, 1.165) is 31.2 Å². The summed E-state index contributed by atoms with van der Waals surface area (Å²) in [5.74, 6) is 0.313. The van der Waals surface area contributed by atoms with Gasteiger partial charge in [0.2, 0.25) is 0 Å². The predicted octanol–water partition coefficient (Wildman–Crippen LogP) is 5.26. The summed E-state index contributed by atoms with van der Waals surface area (Å²) < 4.78 is 5.83. The summed E-state index contributed by atoms with van der Waals surface area (Å²) in [6.07, 6.45) is 8.51. The summed E-state index contributed by atoms with van der Waals surface area (Å²) in [5.41, 5.74) is 4.91. The van der Waals surface area contributed by atoms with Gasteiger partial charge in [-0.25, -0.2) is 0 Å². The highest BCUT2D eigenvalue weighted by atomic mass is 16.5. The maximum atomic E-state index is 9.56. The van der Waals surface area contributed by atoms with Gasteiger partial charge in [0.25, 0.3) is 0 Å². The smallest absolute Gasteiger partial charge is 0.116 e. The lowest BCUT2D eigenvalue weighted by molar-refractivity contribution is 0.116. The number of hydrogen-bond acceptors (Lipinski definition) is 2. The third-order valence-corrected chi connectivity index (χ3v) is 4.21. The Morgan fingerprint density at radius 2 is 2.18 bits per heavy atom.